The summed E-state index contributed by atoms with van der Waals surface area (Å²) in [5, 5.41) is 0.714. The third-order valence-electron chi connectivity index (χ3n) is 4.78. The highest BCUT2D eigenvalue weighted by atomic mass is 32.2. The van der Waals surface area contributed by atoms with E-state index >= 15 is 0 Å². The molecule has 0 fully saturated rings. The molecule has 188 valence electrons. The summed E-state index contributed by atoms with van der Waals surface area (Å²) >= 11 is 3.04. The maximum atomic E-state index is 12.0. The first-order valence-electron chi connectivity index (χ1n) is 11.2. The van der Waals surface area contributed by atoms with Crippen LogP contribution in [-0.2, 0) is 30.3 Å². The second-order valence-corrected chi connectivity index (χ2v) is 11.0. The Bertz CT molecular complexity index is 923. The van der Waals surface area contributed by atoms with E-state index in [0.717, 1.165) is 22.8 Å². The monoisotopic (exact) mass is 510 g/mol. The molecule has 0 aliphatic heterocycles. The van der Waals surface area contributed by atoms with Crippen LogP contribution in [0.15, 0.2) is 33.9 Å². The average molecular weight is 511 g/mol. The quantitative estimate of drug-likeness (QED) is 0.147. The lowest BCUT2D eigenvalue weighted by atomic mass is 9.94. The maximum absolute atomic E-state index is 12.0. The third-order valence-corrected chi connectivity index (χ3v) is 7.07. The van der Waals surface area contributed by atoms with Gasteiger partial charge in [-0.25, -0.2) is 15.4 Å². The number of hydrogen-bond acceptors (Lipinski definition) is 9. The summed E-state index contributed by atoms with van der Waals surface area (Å²) in [5.74, 6) is 1.09. The van der Waals surface area contributed by atoms with Gasteiger partial charge in [0.15, 0.2) is 0 Å². The predicted molar refractivity (Wildman–Crippen MR) is 132 cm³/mol. The van der Waals surface area contributed by atoms with Crippen LogP contribution in [0.1, 0.15) is 75.5 Å². The van der Waals surface area contributed by atoms with E-state index in [4.69, 9.17) is 19.7 Å². The van der Waals surface area contributed by atoms with Gasteiger partial charge in [-0.1, -0.05) is 40.2 Å². The number of unbranched alkanes of at least 4 members (excludes halogenated alkanes) is 2. The summed E-state index contributed by atoms with van der Waals surface area (Å²) < 4.78 is 11.7. The summed E-state index contributed by atoms with van der Waals surface area (Å²) in [7, 11) is 0. The Hall–Kier alpha value is -2.37. The Kier molecular flexibility index (Phi) is 11.6. The Morgan fingerprint density at radius 2 is 2.06 bits per heavy atom. The van der Waals surface area contributed by atoms with E-state index in [1.54, 1.807) is 24.2 Å². The molecule has 2 heterocycles. The standard InChI is InChI=1S/C23H34N4O5S2/c1-5-30-11-12-31-27-18(28)10-8-6-7-9-16(21(24)29)22-26-14-20(34-22)33-15-19-25-13-17(32-19)23(2,3)4/h5,13-14,16H,1,6-12,15H2,2-4H3,(H2,24,29)(H,27,28). The lowest BCUT2D eigenvalue weighted by molar-refractivity contribution is -0.134. The number of hydroxylamine groups is 1. The molecule has 0 saturated heterocycles. The number of thiazole rings is 1. The number of carbonyl (C=O) groups is 2. The van der Waals surface area contributed by atoms with E-state index in [-0.39, 0.29) is 23.8 Å². The molecule has 0 aliphatic rings. The molecule has 0 aromatic carbocycles. The lowest BCUT2D eigenvalue weighted by Gasteiger charge is -2.12. The first-order valence-corrected chi connectivity index (χ1v) is 13.0. The molecular formula is C23H34N4O5S2. The molecule has 0 spiro atoms. The first kappa shape index (κ1) is 27.9. The van der Waals surface area contributed by atoms with Crippen LogP contribution >= 0.6 is 23.1 Å². The van der Waals surface area contributed by atoms with Gasteiger partial charge >= 0.3 is 0 Å². The van der Waals surface area contributed by atoms with Crippen molar-refractivity contribution in [3.05, 3.63) is 41.9 Å². The van der Waals surface area contributed by atoms with Crippen molar-refractivity contribution < 1.29 is 23.6 Å². The molecule has 0 bridgehead atoms. The molecule has 2 aromatic heterocycles. The van der Waals surface area contributed by atoms with Crippen LogP contribution in [-0.4, -0.2) is 35.0 Å². The van der Waals surface area contributed by atoms with Crippen molar-refractivity contribution in [1.82, 2.24) is 15.4 Å². The molecule has 9 nitrogen and oxygen atoms in total. The lowest BCUT2D eigenvalue weighted by Crippen LogP contribution is -2.25. The summed E-state index contributed by atoms with van der Waals surface area (Å²) in [6, 6.07) is 0. The van der Waals surface area contributed by atoms with Crippen LogP contribution in [0, 0.1) is 0 Å². The zero-order chi connectivity index (χ0) is 25.0. The van der Waals surface area contributed by atoms with Gasteiger partial charge < -0.3 is 14.9 Å². The number of primary amides is 1. The van der Waals surface area contributed by atoms with Gasteiger partial charge in [0.2, 0.25) is 17.7 Å². The molecule has 0 saturated carbocycles. The topological polar surface area (TPSA) is 130 Å². The summed E-state index contributed by atoms with van der Waals surface area (Å²) in [6.45, 7) is 10.2. The average Bonchev–Trinajstić information content (AvgIpc) is 3.44. The van der Waals surface area contributed by atoms with E-state index in [1.165, 1.54) is 17.6 Å². The molecular weight excluding hydrogens is 476 g/mol. The number of hydrogen-bond donors (Lipinski definition) is 2. The van der Waals surface area contributed by atoms with Crippen LogP contribution < -0.4 is 11.2 Å². The largest absolute Gasteiger partial charge is 0.499 e. The molecule has 1 atom stereocenters. The molecule has 1 unspecified atom stereocenters. The van der Waals surface area contributed by atoms with E-state index in [0.29, 0.717) is 42.5 Å². The van der Waals surface area contributed by atoms with Gasteiger partial charge in [-0.05, 0) is 12.8 Å². The van der Waals surface area contributed by atoms with Crippen molar-refractivity contribution in [2.45, 2.75) is 74.2 Å². The summed E-state index contributed by atoms with van der Waals surface area (Å²) in [6.07, 6.45) is 8.04. The third kappa shape index (κ3) is 9.86. The van der Waals surface area contributed by atoms with Crippen LogP contribution in [0.2, 0.25) is 0 Å². The number of carbonyl (C=O) groups excluding carboxylic acids is 2. The number of aromatic nitrogens is 2. The van der Waals surface area contributed by atoms with Crippen LogP contribution in [0.25, 0.3) is 0 Å². The normalized spacial score (nSPS) is 12.3. The molecule has 2 rings (SSSR count). The van der Waals surface area contributed by atoms with Crippen molar-refractivity contribution in [3.63, 3.8) is 0 Å². The summed E-state index contributed by atoms with van der Waals surface area (Å²) in [4.78, 5) is 37.5. The van der Waals surface area contributed by atoms with Crippen molar-refractivity contribution in [2.75, 3.05) is 13.2 Å². The zero-order valence-electron chi connectivity index (χ0n) is 20.0. The van der Waals surface area contributed by atoms with Gasteiger partial charge in [-0.3, -0.25) is 14.4 Å². The number of nitrogens with one attached hydrogen (secondary N) is 1. The van der Waals surface area contributed by atoms with Crippen molar-refractivity contribution in [2.24, 2.45) is 5.73 Å². The van der Waals surface area contributed by atoms with Gasteiger partial charge in [0.25, 0.3) is 0 Å². The van der Waals surface area contributed by atoms with E-state index in [2.05, 4.69) is 42.8 Å². The molecule has 34 heavy (non-hydrogen) atoms. The molecule has 3 N–H and O–H groups in total. The fraction of sp³-hybridized carbons (Fsp3) is 0.565. The number of nitrogens with two attached hydrogens (primary N) is 1. The SMILES string of the molecule is C=COCCONC(=O)CCCCCC(C(N)=O)c1ncc(SCc2ncc(C(C)(C)C)o2)s1. The number of nitrogens with zero attached hydrogens (tertiary/aromatic N) is 2. The van der Waals surface area contributed by atoms with Gasteiger partial charge in [0.05, 0.1) is 34.5 Å². The second-order valence-electron chi connectivity index (χ2n) is 8.64. The first-order chi connectivity index (χ1) is 16.2. The van der Waals surface area contributed by atoms with Crippen molar-refractivity contribution in [1.29, 1.82) is 0 Å². The summed E-state index contributed by atoms with van der Waals surface area (Å²) in [5.41, 5.74) is 7.93. The number of thioether (sulfide) groups is 1. The van der Waals surface area contributed by atoms with E-state index in [1.807, 2.05) is 0 Å². The maximum Gasteiger partial charge on any atom is 0.243 e. The van der Waals surface area contributed by atoms with Crippen molar-refractivity contribution >= 4 is 34.9 Å². The van der Waals surface area contributed by atoms with E-state index in [9.17, 15) is 9.59 Å². The number of ether oxygens (including phenoxy) is 1. The second kappa shape index (κ2) is 14.1. The van der Waals surface area contributed by atoms with Gasteiger partial charge in [-0.15, -0.1) is 23.1 Å². The molecule has 2 amide bonds. The number of oxazole rings is 1. The smallest absolute Gasteiger partial charge is 0.243 e. The highest BCUT2D eigenvalue weighted by molar-refractivity contribution is 8.00. The van der Waals surface area contributed by atoms with Crippen LogP contribution in [0.3, 0.4) is 0 Å². The Morgan fingerprint density at radius 3 is 2.74 bits per heavy atom. The molecule has 0 aliphatic carbocycles. The highest BCUT2D eigenvalue weighted by Gasteiger charge is 2.22. The number of amides is 2. The Morgan fingerprint density at radius 1 is 1.26 bits per heavy atom. The predicted octanol–water partition coefficient (Wildman–Crippen LogP) is 4.45. The highest BCUT2D eigenvalue weighted by Crippen LogP contribution is 2.34. The molecule has 2 aromatic rings. The Balaban J connectivity index is 1.72. The Labute approximate surface area is 208 Å². The van der Waals surface area contributed by atoms with Crippen LogP contribution in [0.5, 0.6) is 0 Å². The number of rotatable bonds is 16. The van der Waals surface area contributed by atoms with Gasteiger partial charge in [-0.2, -0.15) is 0 Å². The molecule has 11 heteroatoms. The minimum atomic E-state index is -0.435. The van der Waals surface area contributed by atoms with Crippen molar-refractivity contribution in [3.8, 4) is 0 Å². The fourth-order valence-electron chi connectivity index (χ4n) is 2.91. The van der Waals surface area contributed by atoms with Gasteiger partial charge in [0.1, 0.15) is 24.0 Å². The van der Waals surface area contributed by atoms with Gasteiger partial charge in [0, 0.05) is 11.8 Å². The fourth-order valence-corrected chi connectivity index (χ4v) is 4.90. The minimum Gasteiger partial charge on any atom is -0.499 e. The molecule has 0 radical (unpaired) electrons. The zero-order valence-corrected chi connectivity index (χ0v) is 21.6. The van der Waals surface area contributed by atoms with Crippen LogP contribution in [0.4, 0.5) is 0 Å². The minimum absolute atomic E-state index is 0.0827. The van der Waals surface area contributed by atoms with E-state index < -0.39 is 5.92 Å².